The lowest BCUT2D eigenvalue weighted by molar-refractivity contribution is -0.120. The molecule has 0 fully saturated rings. The van der Waals surface area contributed by atoms with E-state index in [4.69, 9.17) is 0 Å². The lowest BCUT2D eigenvalue weighted by Gasteiger charge is -2.07. The van der Waals surface area contributed by atoms with Gasteiger partial charge in [0.05, 0.1) is 0 Å². The minimum atomic E-state index is 0.101. The van der Waals surface area contributed by atoms with E-state index in [2.05, 4.69) is 47.0 Å². The number of carbonyl (C=O) groups is 1. The first-order valence-corrected chi connectivity index (χ1v) is 7.35. The number of carbonyl (C=O) groups excluding carboxylic acids is 1. The topological polar surface area (TPSA) is 41.1 Å². The highest BCUT2D eigenvalue weighted by atomic mass is 16.1. The van der Waals surface area contributed by atoms with Gasteiger partial charge >= 0.3 is 0 Å². The van der Waals surface area contributed by atoms with Gasteiger partial charge in [0.15, 0.2) is 0 Å². The Kier molecular flexibility index (Phi) is 5.98. The zero-order chi connectivity index (χ0) is 14.9. The Morgan fingerprint density at radius 3 is 2.48 bits per heavy atom. The van der Waals surface area contributed by atoms with Crippen molar-refractivity contribution < 1.29 is 4.79 Å². The van der Waals surface area contributed by atoms with E-state index >= 15 is 0 Å². The molecule has 0 aliphatic carbocycles. The van der Waals surface area contributed by atoms with Gasteiger partial charge < -0.3 is 10.6 Å². The molecule has 0 unspecified atom stereocenters. The van der Waals surface area contributed by atoms with Crippen LogP contribution in [0, 0.1) is 0 Å². The van der Waals surface area contributed by atoms with Crippen molar-refractivity contribution in [3.8, 4) is 11.1 Å². The molecule has 21 heavy (non-hydrogen) atoms. The van der Waals surface area contributed by atoms with Crippen LogP contribution in [0.15, 0.2) is 54.6 Å². The van der Waals surface area contributed by atoms with Gasteiger partial charge in [-0.3, -0.25) is 4.79 Å². The fourth-order valence-corrected chi connectivity index (χ4v) is 2.21. The van der Waals surface area contributed by atoms with Gasteiger partial charge in [0.1, 0.15) is 0 Å². The summed E-state index contributed by atoms with van der Waals surface area (Å²) >= 11 is 0. The maximum absolute atomic E-state index is 11.5. The van der Waals surface area contributed by atoms with E-state index in [0.717, 1.165) is 13.0 Å². The second-order valence-corrected chi connectivity index (χ2v) is 5.02. The van der Waals surface area contributed by atoms with Crippen molar-refractivity contribution in [3.63, 3.8) is 0 Å². The Bertz CT molecular complexity index is 566. The third-order valence-corrected chi connectivity index (χ3v) is 3.37. The van der Waals surface area contributed by atoms with E-state index in [1.165, 1.54) is 16.7 Å². The highest BCUT2D eigenvalue weighted by molar-refractivity contribution is 5.76. The summed E-state index contributed by atoms with van der Waals surface area (Å²) in [5.74, 6) is 0.101. The van der Waals surface area contributed by atoms with Gasteiger partial charge in [-0.25, -0.2) is 0 Å². The summed E-state index contributed by atoms with van der Waals surface area (Å²) in [6, 6.07) is 18.8. The molecule has 0 saturated heterocycles. The lowest BCUT2D eigenvalue weighted by atomic mass is 10.0. The number of hydrogen-bond donors (Lipinski definition) is 2. The van der Waals surface area contributed by atoms with Crippen LogP contribution >= 0.6 is 0 Å². The Morgan fingerprint density at radius 2 is 1.71 bits per heavy atom. The average molecular weight is 282 g/mol. The molecule has 2 aromatic carbocycles. The normalized spacial score (nSPS) is 10.3. The summed E-state index contributed by atoms with van der Waals surface area (Å²) in [5, 5.41) is 5.92. The first-order valence-electron chi connectivity index (χ1n) is 7.35. The van der Waals surface area contributed by atoms with E-state index in [9.17, 15) is 4.79 Å². The molecule has 0 heterocycles. The van der Waals surface area contributed by atoms with E-state index in [1.807, 2.05) is 25.2 Å². The van der Waals surface area contributed by atoms with Crippen molar-refractivity contribution in [2.24, 2.45) is 0 Å². The number of hydrogen-bond acceptors (Lipinski definition) is 2. The van der Waals surface area contributed by atoms with Crippen molar-refractivity contribution in [2.75, 3.05) is 20.1 Å². The van der Waals surface area contributed by atoms with Gasteiger partial charge in [-0.2, -0.15) is 0 Å². The molecular formula is C18H22N2O. The minimum absolute atomic E-state index is 0.101. The second kappa shape index (κ2) is 8.22. The van der Waals surface area contributed by atoms with Crippen molar-refractivity contribution in [2.45, 2.75) is 12.8 Å². The largest absolute Gasteiger partial charge is 0.356 e. The van der Waals surface area contributed by atoms with Crippen molar-refractivity contribution in [3.05, 3.63) is 60.2 Å². The Hall–Kier alpha value is -2.13. The van der Waals surface area contributed by atoms with E-state index in [-0.39, 0.29) is 5.91 Å². The molecule has 0 spiro atoms. The zero-order valence-electron chi connectivity index (χ0n) is 12.4. The lowest BCUT2D eigenvalue weighted by Crippen LogP contribution is -2.28. The maximum atomic E-state index is 11.5. The molecule has 0 saturated carbocycles. The summed E-state index contributed by atoms with van der Waals surface area (Å²) in [5.41, 5.74) is 3.68. The van der Waals surface area contributed by atoms with E-state index in [1.54, 1.807) is 0 Å². The van der Waals surface area contributed by atoms with Gasteiger partial charge in [-0.15, -0.1) is 0 Å². The summed E-state index contributed by atoms with van der Waals surface area (Å²) in [6.07, 6.45) is 1.38. The van der Waals surface area contributed by atoms with Crippen LogP contribution in [0.25, 0.3) is 11.1 Å². The number of nitrogens with one attached hydrogen (secondary N) is 2. The minimum Gasteiger partial charge on any atom is -0.356 e. The highest BCUT2D eigenvalue weighted by Crippen LogP contribution is 2.19. The van der Waals surface area contributed by atoms with Crippen molar-refractivity contribution in [1.29, 1.82) is 0 Å². The predicted molar refractivity (Wildman–Crippen MR) is 87.1 cm³/mol. The van der Waals surface area contributed by atoms with E-state index in [0.29, 0.717) is 13.0 Å². The number of rotatable bonds is 7. The van der Waals surface area contributed by atoms with Gasteiger partial charge in [0.2, 0.25) is 5.91 Å². The van der Waals surface area contributed by atoms with Gasteiger partial charge in [-0.05, 0) is 30.2 Å². The molecule has 1 amide bonds. The Morgan fingerprint density at radius 1 is 0.952 bits per heavy atom. The standard InChI is InChI=1S/C18H22N2O/c1-19-12-11-18(21)20-13-10-15-6-5-9-17(14-15)16-7-3-2-4-8-16/h2-9,14,19H,10-13H2,1H3,(H,20,21). The molecule has 0 radical (unpaired) electrons. The SMILES string of the molecule is CNCCC(=O)NCCc1cccc(-c2ccccc2)c1. The molecule has 2 aromatic rings. The number of benzene rings is 2. The molecule has 0 aromatic heterocycles. The summed E-state index contributed by atoms with van der Waals surface area (Å²) < 4.78 is 0. The molecule has 0 aliphatic heterocycles. The fraction of sp³-hybridized carbons (Fsp3) is 0.278. The fourth-order valence-electron chi connectivity index (χ4n) is 2.21. The molecular weight excluding hydrogens is 260 g/mol. The first kappa shape index (κ1) is 15.3. The van der Waals surface area contributed by atoms with Gasteiger partial charge in [0.25, 0.3) is 0 Å². The van der Waals surface area contributed by atoms with Crippen LogP contribution in [0.5, 0.6) is 0 Å². The number of amides is 1. The van der Waals surface area contributed by atoms with Crippen LogP contribution in [0.3, 0.4) is 0 Å². The van der Waals surface area contributed by atoms with Crippen molar-refractivity contribution in [1.82, 2.24) is 10.6 Å². The third kappa shape index (κ3) is 5.04. The summed E-state index contributed by atoms with van der Waals surface area (Å²) in [7, 11) is 1.85. The van der Waals surface area contributed by atoms with Crippen LogP contribution in [-0.2, 0) is 11.2 Å². The van der Waals surface area contributed by atoms with Crippen LogP contribution in [0.1, 0.15) is 12.0 Å². The smallest absolute Gasteiger partial charge is 0.221 e. The molecule has 3 heteroatoms. The maximum Gasteiger partial charge on any atom is 0.221 e. The highest BCUT2D eigenvalue weighted by Gasteiger charge is 2.01. The molecule has 3 nitrogen and oxygen atoms in total. The Labute approximate surface area is 126 Å². The molecule has 0 atom stereocenters. The summed E-state index contributed by atoms with van der Waals surface area (Å²) in [6.45, 7) is 1.40. The average Bonchev–Trinajstić information content (AvgIpc) is 2.54. The molecule has 0 aliphatic rings. The molecule has 2 N–H and O–H groups in total. The quantitative estimate of drug-likeness (QED) is 0.819. The zero-order valence-corrected chi connectivity index (χ0v) is 12.4. The Balaban J connectivity index is 1.89. The van der Waals surface area contributed by atoms with Crippen LogP contribution in [-0.4, -0.2) is 26.0 Å². The molecule has 0 bridgehead atoms. The molecule has 2 rings (SSSR count). The van der Waals surface area contributed by atoms with Crippen molar-refractivity contribution >= 4 is 5.91 Å². The predicted octanol–water partition coefficient (Wildman–Crippen LogP) is 2.62. The monoisotopic (exact) mass is 282 g/mol. The van der Waals surface area contributed by atoms with Crippen LogP contribution < -0.4 is 10.6 Å². The second-order valence-electron chi connectivity index (χ2n) is 5.02. The van der Waals surface area contributed by atoms with E-state index < -0.39 is 0 Å². The molecule has 110 valence electrons. The summed E-state index contributed by atoms with van der Waals surface area (Å²) in [4.78, 5) is 11.5. The first-order chi connectivity index (χ1) is 10.3. The van der Waals surface area contributed by atoms with Gasteiger partial charge in [-0.1, -0.05) is 54.6 Å². The third-order valence-electron chi connectivity index (χ3n) is 3.37. The van der Waals surface area contributed by atoms with Gasteiger partial charge in [0, 0.05) is 19.5 Å². The van der Waals surface area contributed by atoms with Crippen LogP contribution in [0.4, 0.5) is 0 Å². The van der Waals surface area contributed by atoms with Crippen LogP contribution in [0.2, 0.25) is 0 Å².